The Bertz CT molecular complexity index is 1290. The number of nitrogens with two attached hydrogens (primary N) is 1. The van der Waals surface area contributed by atoms with Gasteiger partial charge in [0, 0.05) is 17.7 Å². The van der Waals surface area contributed by atoms with Gasteiger partial charge in [-0.3, -0.25) is 9.59 Å². The Hall–Kier alpha value is -4.66. The highest BCUT2D eigenvalue weighted by molar-refractivity contribution is 5.98. The number of carbonyl (C=O) groups excluding carboxylic acids is 3. The zero-order chi connectivity index (χ0) is 27.5. The molecule has 9 nitrogen and oxygen atoms in total. The van der Waals surface area contributed by atoms with E-state index >= 15 is 0 Å². The van der Waals surface area contributed by atoms with Crippen molar-refractivity contribution in [2.24, 2.45) is 10.9 Å². The lowest BCUT2D eigenvalue weighted by atomic mass is 9.99. The van der Waals surface area contributed by atoms with Crippen molar-refractivity contribution in [2.45, 2.75) is 38.8 Å². The van der Waals surface area contributed by atoms with Gasteiger partial charge in [0.05, 0.1) is 6.54 Å². The van der Waals surface area contributed by atoms with Gasteiger partial charge in [0.1, 0.15) is 18.0 Å². The van der Waals surface area contributed by atoms with Crippen LogP contribution in [-0.4, -0.2) is 42.3 Å². The summed E-state index contributed by atoms with van der Waals surface area (Å²) in [5.41, 5.74) is 3.13. The number of ether oxygens (including phenoxy) is 1. The molecule has 0 spiro atoms. The monoisotopic (exact) mass is 515 g/mol. The Morgan fingerprint density at radius 2 is 1.66 bits per heavy atom. The third kappa shape index (κ3) is 8.77. The van der Waals surface area contributed by atoms with Crippen LogP contribution in [0, 0.1) is 0 Å². The summed E-state index contributed by atoms with van der Waals surface area (Å²) < 4.78 is 5.56. The van der Waals surface area contributed by atoms with E-state index in [1.807, 2.05) is 54.6 Å². The highest BCUT2D eigenvalue weighted by Gasteiger charge is 2.27. The molecule has 3 aromatic carbocycles. The lowest BCUT2D eigenvalue weighted by Gasteiger charge is -2.25. The lowest BCUT2D eigenvalue weighted by molar-refractivity contribution is -0.158. The number of esters is 1. The van der Waals surface area contributed by atoms with Crippen LogP contribution in [0.4, 0.5) is 5.69 Å². The lowest BCUT2D eigenvalue weighted by Crippen LogP contribution is -2.48. The molecule has 0 aliphatic carbocycles. The number of nitrogens with one attached hydrogen (secondary N) is 3. The third-order valence-corrected chi connectivity index (χ3v) is 5.34. The number of rotatable bonds is 10. The van der Waals surface area contributed by atoms with Crippen molar-refractivity contribution in [3.05, 3.63) is 90.0 Å². The van der Waals surface area contributed by atoms with Crippen molar-refractivity contribution in [2.75, 3.05) is 11.9 Å². The maximum atomic E-state index is 13.0. The Kier molecular flexibility index (Phi) is 9.59. The number of anilines is 1. The molecule has 0 aliphatic heterocycles. The van der Waals surface area contributed by atoms with Gasteiger partial charge >= 0.3 is 5.97 Å². The fourth-order valence-corrected chi connectivity index (χ4v) is 3.68. The van der Waals surface area contributed by atoms with Crippen LogP contribution in [0.15, 0.2) is 84.0 Å². The summed E-state index contributed by atoms with van der Waals surface area (Å²) in [6, 6.07) is 23.4. The van der Waals surface area contributed by atoms with Crippen LogP contribution in [0.2, 0.25) is 0 Å². The normalized spacial score (nSPS) is 12.0. The third-order valence-electron chi connectivity index (χ3n) is 5.34. The summed E-state index contributed by atoms with van der Waals surface area (Å²) in [6.07, 6.45) is 1.52. The first kappa shape index (κ1) is 27.9. The van der Waals surface area contributed by atoms with Gasteiger partial charge in [-0.1, -0.05) is 60.7 Å². The van der Waals surface area contributed by atoms with Gasteiger partial charge in [0.15, 0.2) is 0 Å². The summed E-state index contributed by atoms with van der Waals surface area (Å²) in [6.45, 7) is 4.98. The predicted octanol–water partition coefficient (Wildman–Crippen LogP) is 3.47. The van der Waals surface area contributed by atoms with Crippen molar-refractivity contribution in [1.29, 1.82) is 0 Å². The number of carbonyl (C=O) groups is 3. The van der Waals surface area contributed by atoms with Crippen LogP contribution >= 0.6 is 0 Å². The SMILES string of the molecule is CC(C)(C)OC(=O)C(Cc1cccc(-c2ccccc2)c1)NC(=O)CNC(=O)c1cccc(NC=NN)c1. The maximum absolute atomic E-state index is 13.0. The molecule has 3 rings (SSSR count). The van der Waals surface area contributed by atoms with Gasteiger partial charge in [-0.25, -0.2) is 4.79 Å². The van der Waals surface area contributed by atoms with Crippen LogP contribution in [0.1, 0.15) is 36.7 Å². The Morgan fingerprint density at radius 3 is 2.37 bits per heavy atom. The highest BCUT2D eigenvalue weighted by atomic mass is 16.6. The average molecular weight is 516 g/mol. The first-order valence-electron chi connectivity index (χ1n) is 12.2. The van der Waals surface area contributed by atoms with Gasteiger partial charge in [-0.2, -0.15) is 5.10 Å². The van der Waals surface area contributed by atoms with E-state index in [9.17, 15) is 14.4 Å². The van der Waals surface area contributed by atoms with Crippen molar-refractivity contribution in [3.63, 3.8) is 0 Å². The van der Waals surface area contributed by atoms with Gasteiger partial charge in [0.25, 0.3) is 5.91 Å². The molecule has 0 bridgehead atoms. The number of nitrogens with zero attached hydrogens (tertiary/aromatic N) is 1. The summed E-state index contributed by atoms with van der Waals surface area (Å²) in [5.74, 6) is 3.57. The molecule has 9 heteroatoms. The first-order valence-corrected chi connectivity index (χ1v) is 12.2. The van der Waals surface area contributed by atoms with E-state index in [0.717, 1.165) is 16.7 Å². The van der Waals surface area contributed by atoms with E-state index in [4.69, 9.17) is 10.6 Å². The zero-order valence-electron chi connectivity index (χ0n) is 21.7. The minimum Gasteiger partial charge on any atom is -0.458 e. The van der Waals surface area contributed by atoms with Crippen LogP contribution in [-0.2, 0) is 20.7 Å². The molecule has 0 saturated heterocycles. The molecule has 2 amide bonds. The molecule has 3 aromatic rings. The minimum absolute atomic E-state index is 0.228. The van der Waals surface area contributed by atoms with Crippen molar-refractivity contribution in [1.82, 2.24) is 10.6 Å². The van der Waals surface area contributed by atoms with E-state index in [-0.39, 0.29) is 13.0 Å². The second-order valence-corrected chi connectivity index (χ2v) is 9.61. The van der Waals surface area contributed by atoms with Crippen molar-refractivity contribution in [3.8, 4) is 11.1 Å². The van der Waals surface area contributed by atoms with Gasteiger partial charge in [0.2, 0.25) is 5.91 Å². The van der Waals surface area contributed by atoms with Crippen LogP contribution in [0.5, 0.6) is 0 Å². The van der Waals surface area contributed by atoms with E-state index in [2.05, 4.69) is 21.1 Å². The number of hydrazone groups is 1. The molecule has 5 N–H and O–H groups in total. The fraction of sp³-hybridized carbons (Fsp3) is 0.241. The largest absolute Gasteiger partial charge is 0.458 e. The predicted molar refractivity (Wildman–Crippen MR) is 148 cm³/mol. The number of hydrogen-bond acceptors (Lipinski definition) is 6. The molecular weight excluding hydrogens is 482 g/mol. The van der Waals surface area contributed by atoms with Crippen LogP contribution in [0.25, 0.3) is 11.1 Å². The molecular formula is C29H33N5O4. The molecule has 1 unspecified atom stereocenters. The van der Waals surface area contributed by atoms with Gasteiger partial charge in [-0.15, -0.1) is 0 Å². The second-order valence-electron chi connectivity index (χ2n) is 9.61. The summed E-state index contributed by atoms with van der Waals surface area (Å²) in [7, 11) is 0. The topological polar surface area (TPSA) is 135 Å². The van der Waals surface area contributed by atoms with Gasteiger partial charge in [-0.05, 0) is 55.7 Å². The first-order chi connectivity index (χ1) is 18.1. The Labute approximate surface area is 222 Å². The van der Waals surface area contributed by atoms with E-state index in [1.165, 1.54) is 6.34 Å². The Morgan fingerprint density at radius 1 is 0.947 bits per heavy atom. The minimum atomic E-state index is -0.937. The molecule has 1 atom stereocenters. The summed E-state index contributed by atoms with van der Waals surface area (Å²) in [5, 5.41) is 11.5. The highest BCUT2D eigenvalue weighted by Crippen LogP contribution is 2.21. The van der Waals surface area contributed by atoms with Crippen LogP contribution < -0.4 is 21.8 Å². The molecule has 0 heterocycles. The molecule has 198 valence electrons. The fourth-order valence-electron chi connectivity index (χ4n) is 3.68. The second kappa shape index (κ2) is 13.0. The maximum Gasteiger partial charge on any atom is 0.329 e. The molecule has 0 fully saturated rings. The molecule has 0 saturated carbocycles. The number of benzene rings is 3. The molecule has 0 aliphatic rings. The van der Waals surface area contributed by atoms with E-state index < -0.39 is 29.4 Å². The quantitative estimate of drug-likeness (QED) is 0.107. The zero-order valence-corrected chi connectivity index (χ0v) is 21.7. The van der Waals surface area contributed by atoms with Crippen molar-refractivity contribution < 1.29 is 19.1 Å². The summed E-state index contributed by atoms with van der Waals surface area (Å²) >= 11 is 0. The number of amides is 2. The smallest absolute Gasteiger partial charge is 0.329 e. The average Bonchev–Trinajstić information content (AvgIpc) is 2.90. The van der Waals surface area contributed by atoms with E-state index in [0.29, 0.717) is 11.3 Å². The standard InChI is InChI=1S/C29H33N5O4/c1-29(2,3)38-28(37)25(16-20-9-7-12-22(15-20)21-10-5-4-6-11-21)34-26(35)18-31-27(36)23-13-8-14-24(17-23)32-19-33-30/h4-15,17,19,25H,16,18,30H2,1-3H3,(H,31,36)(H,32,33)(H,34,35). The van der Waals surface area contributed by atoms with Crippen LogP contribution in [0.3, 0.4) is 0 Å². The Balaban J connectivity index is 1.68. The van der Waals surface area contributed by atoms with Gasteiger partial charge < -0.3 is 26.5 Å². The number of hydrogen-bond donors (Lipinski definition) is 4. The molecule has 0 aromatic heterocycles. The van der Waals surface area contributed by atoms with E-state index in [1.54, 1.807) is 45.0 Å². The summed E-state index contributed by atoms with van der Waals surface area (Å²) in [4.78, 5) is 38.3. The molecule has 0 radical (unpaired) electrons. The van der Waals surface area contributed by atoms with Crippen molar-refractivity contribution >= 4 is 29.8 Å². The molecule has 38 heavy (non-hydrogen) atoms.